The summed E-state index contributed by atoms with van der Waals surface area (Å²) in [6.45, 7) is 1.91. The van der Waals surface area contributed by atoms with Gasteiger partial charge in [0.15, 0.2) is 0 Å². The first kappa shape index (κ1) is 11.5. The minimum Gasteiger partial charge on any atom is -0.469 e. The summed E-state index contributed by atoms with van der Waals surface area (Å²) in [7, 11) is 1.43. The number of aliphatic hydroxyl groups is 1. The first-order valence-electron chi connectivity index (χ1n) is 5.39. The van der Waals surface area contributed by atoms with Crippen molar-refractivity contribution in [3.05, 3.63) is 0 Å². The monoisotopic (exact) mass is 200 g/mol. The molecule has 0 bridgehead atoms. The van der Waals surface area contributed by atoms with Crippen LogP contribution in [0, 0.1) is 11.8 Å². The number of carbonyl (C=O) groups is 1. The quantitative estimate of drug-likeness (QED) is 0.706. The van der Waals surface area contributed by atoms with Gasteiger partial charge in [0.25, 0.3) is 0 Å². The second kappa shape index (κ2) is 5.35. The van der Waals surface area contributed by atoms with Crippen LogP contribution in [0.25, 0.3) is 0 Å². The minimum absolute atomic E-state index is 0.000225. The number of methoxy groups -OCH3 is 1. The molecule has 1 atom stereocenters. The third kappa shape index (κ3) is 3.29. The van der Waals surface area contributed by atoms with Crippen LogP contribution in [-0.4, -0.2) is 24.3 Å². The molecule has 82 valence electrons. The van der Waals surface area contributed by atoms with Gasteiger partial charge in [-0.3, -0.25) is 4.79 Å². The molecule has 0 aromatic heterocycles. The van der Waals surface area contributed by atoms with Crippen molar-refractivity contribution in [1.82, 2.24) is 0 Å². The highest BCUT2D eigenvalue weighted by atomic mass is 16.5. The smallest absolute Gasteiger partial charge is 0.308 e. The van der Waals surface area contributed by atoms with Gasteiger partial charge in [-0.15, -0.1) is 0 Å². The number of esters is 1. The molecule has 1 aliphatic rings. The van der Waals surface area contributed by atoms with E-state index in [9.17, 15) is 9.90 Å². The van der Waals surface area contributed by atoms with Gasteiger partial charge < -0.3 is 9.84 Å². The number of rotatable bonds is 3. The number of ether oxygens (including phenoxy) is 1. The van der Waals surface area contributed by atoms with Gasteiger partial charge in [0.1, 0.15) is 0 Å². The van der Waals surface area contributed by atoms with Crippen LogP contribution in [0.1, 0.15) is 39.0 Å². The number of aliphatic hydroxyl groups excluding tert-OH is 1. The number of hydrogen-bond donors (Lipinski definition) is 1. The largest absolute Gasteiger partial charge is 0.469 e. The SMILES string of the molecule is COC(=O)[C@@H](C)C[C@H]1CC[C@H](O)CC1. The summed E-state index contributed by atoms with van der Waals surface area (Å²) in [5.74, 6) is 0.476. The lowest BCUT2D eigenvalue weighted by Crippen LogP contribution is -2.22. The van der Waals surface area contributed by atoms with Crippen molar-refractivity contribution in [2.24, 2.45) is 11.8 Å². The van der Waals surface area contributed by atoms with Crippen molar-refractivity contribution in [3.8, 4) is 0 Å². The fourth-order valence-corrected chi connectivity index (χ4v) is 2.18. The Bertz CT molecular complexity index is 183. The molecule has 1 rings (SSSR count). The van der Waals surface area contributed by atoms with Crippen molar-refractivity contribution in [3.63, 3.8) is 0 Å². The van der Waals surface area contributed by atoms with Gasteiger partial charge in [0.2, 0.25) is 0 Å². The predicted octanol–water partition coefficient (Wildman–Crippen LogP) is 1.74. The molecule has 1 fully saturated rings. The van der Waals surface area contributed by atoms with Gasteiger partial charge in [-0.25, -0.2) is 0 Å². The van der Waals surface area contributed by atoms with E-state index in [-0.39, 0.29) is 18.0 Å². The van der Waals surface area contributed by atoms with Crippen molar-refractivity contribution < 1.29 is 14.6 Å². The van der Waals surface area contributed by atoms with Crippen LogP contribution in [0.2, 0.25) is 0 Å². The van der Waals surface area contributed by atoms with E-state index in [0.29, 0.717) is 5.92 Å². The van der Waals surface area contributed by atoms with E-state index >= 15 is 0 Å². The Labute approximate surface area is 85.5 Å². The first-order chi connectivity index (χ1) is 6.63. The maximum atomic E-state index is 11.2. The summed E-state index contributed by atoms with van der Waals surface area (Å²) in [5, 5.41) is 9.32. The van der Waals surface area contributed by atoms with Crippen molar-refractivity contribution in [2.75, 3.05) is 7.11 Å². The fraction of sp³-hybridized carbons (Fsp3) is 0.909. The highest BCUT2D eigenvalue weighted by molar-refractivity contribution is 5.71. The number of hydrogen-bond acceptors (Lipinski definition) is 3. The highest BCUT2D eigenvalue weighted by Gasteiger charge is 2.23. The van der Waals surface area contributed by atoms with Crippen LogP contribution in [-0.2, 0) is 9.53 Å². The molecule has 3 heteroatoms. The Morgan fingerprint density at radius 3 is 2.50 bits per heavy atom. The maximum absolute atomic E-state index is 11.2. The molecule has 1 saturated carbocycles. The summed E-state index contributed by atoms with van der Waals surface area (Å²) < 4.78 is 4.69. The van der Waals surface area contributed by atoms with E-state index in [1.54, 1.807) is 0 Å². The lowest BCUT2D eigenvalue weighted by atomic mass is 9.82. The highest BCUT2D eigenvalue weighted by Crippen LogP contribution is 2.29. The molecule has 0 radical (unpaired) electrons. The lowest BCUT2D eigenvalue weighted by Gasteiger charge is -2.26. The molecule has 0 amide bonds. The molecule has 14 heavy (non-hydrogen) atoms. The normalized spacial score (nSPS) is 29.6. The molecule has 0 aliphatic heterocycles. The Hall–Kier alpha value is -0.570. The molecule has 1 N–H and O–H groups in total. The fourth-order valence-electron chi connectivity index (χ4n) is 2.18. The van der Waals surface area contributed by atoms with E-state index < -0.39 is 0 Å². The number of carbonyl (C=O) groups excluding carboxylic acids is 1. The predicted molar refractivity (Wildman–Crippen MR) is 53.8 cm³/mol. The van der Waals surface area contributed by atoms with E-state index in [2.05, 4.69) is 4.74 Å². The molecule has 0 aromatic rings. The summed E-state index contributed by atoms with van der Waals surface area (Å²) in [5.41, 5.74) is 0. The van der Waals surface area contributed by atoms with Crippen molar-refractivity contribution in [1.29, 1.82) is 0 Å². The molecular weight excluding hydrogens is 180 g/mol. The molecule has 3 nitrogen and oxygen atoms in total. The van der Waals surface area contributed by atoms with Gasteiger partial charge in [-0.05, 0) is 38.0 Å². The molecule has 0 aromatic carbocycles. The molecular formula is C11H20O3. The zero-order chi connectivity index (χ0) is 10.6. The van der Waals surface area contributed by atoms with E-state index in [1.807, 2.05) is 6.92 Å². The Kier molecular flexibility index (Phi) is 4.39. The molecule has 0 unspecified atom stereocenters. The van der Waals surface area contributed by atoms with Crippen LogP contribution < -0.4 is 0 Å². The van der Waals surface area contributed by atoms with Crippen molar-refractivity contribution >= 4 is 5.97 Å². The van der Waals surface area contributed by atoms with Gasteiger partial charge in [-0.2, -0.15) is 0 Å². The van der Waals surface area contributed by atoms with E-state index in [4.69, 9.17) is 0 Å². The van der Waals surface area contributed by atoms with Gasteiger partial charge >= 0.3 is 5.97 Å². The Balaban J connectivity index is 2.27. The molecule has 0 spiro atoms. The van der Waals surface area contributed by atoms with Gasteiger partial charge in [-0.1, -0.05) is 6.92 Å². The van der Waals surface area contributed by atoms with Crippen LogP contribution in [0.4, 0.5) is 0 Å². The zero-order valence-electron chi connectivity index (χ0n) is 9.03. The summed E-state index contributed by atoms with van der Waals surface area (Å²) in [6, 6.07) is 0. The van der Waals surface area contributed by atoms with Crippen LogP contribution >= 0.6 is 0 Å². The average Bonchev–Trinajstić information content (AvgIpc) is 2.20. The average molecular weight is 200 g/mol. The van der Waals surface area contributed by atoms with E-state index in [1.165, 1.54) is 7.11 Å². The van der Waals surface area contributed by atoms with E-state index in [0.717, 1.165) is 32.1 Å². The van der Waals surface area contributed by atoms with Gasteiger partial charge in [0, 0.05) is 0 Å². The Morgan fingerprint density at radius 2 is 2.00 bits per heavy atom. The third-order valence-electron chi connectivity index (χ3n) is 3.11. The Morgan fingerprint density at radius 1 is 1.43 bits per heavy atom. The van der Waals surface area contributed by atoms with Crippen LogP contribution in [0.5, 0.6) is 0 Å². The van der Waals surface area contributed by atoms with Crippen LogP contribution in [0.3, 0.4) is 0 Å². The first-order valence-corrected chi connectivity index (χ1v) is 5.39. The standard InChI is InChI=1S/C11H20O3/c1-8(11(13)14-2)7-9-3-5-10(12)6-4-9/h8-10,12H,3-7H2,1-2H3/t8-,9-,10-/m0/s1. The maximum Gasteiger partial charge on any atom is 0.308 e. The molecule has 1 aliphatic carbocycles. The lowest BCUT2D eigenvalue weighted by molar-refractivity contribution is -0.145. The van der Waals surface area contributed by atoms with Crippen molar-refractivity contribution in [2.45, 2.75) is 45.1 Å². The second-order valence-electron chi connectivity index (χ2n) is 4.33. The zero-order valence-corrected chi connectivity index (χ0v) is 9.03. The third-order valence-corrected chi connectivity index (χ3v) is 3.11. The topological polar surface area (TPSA) is 46.5 Å². The van der Waals surface area contributed by atoms with Gasteiger partial charge in [0.05, 0.1) is 19.1 Å². The minimum atomic E-state index is -0.115. The summed E-state index contributed by atoms with van der Waals surface area (Å²) >= 11 is 0. The molecule has 0 heterocycles. The summed E-state index contributed by atoms with van der Waals surface area (Å²) in [4.78, 5) is 11.2. The van der Waals surface area contributed by atoms with Crippen LogP contribution in [0.15, 0.2) is 0 Å². The molecule has 0 saturated heterocycles. The second-order valence-corrected chi connectivity index (χ2v) is 4.33. The summed E-state index contributed by atoms with van der Waals surface area (Å²) in [6.07, 6.45) is 4.65.